The number of carboxylic acids is 1. The molecule has 0 saturated carbocycles. The molecule has 96 valence electrons. The van der Waals surface area contributed by atoms with Crippen LogP contribution in [0.25, 0.3) is 0 Å². The molecule has 1 amide bonds. The number of aliphatic carboxylic acids is 1. The van der Waals surface area contributed by atoms with Crippen molar-refractivity contribution in [3.63, 3.8) is 0 Å². The molecule has 0 aliphatic rings. The van der Waals surface area contributed by atoms with Gasteiger partial charge < -0.3 is 15.2 Å². The predicted molar refractivity (Wildman–Crippen MR) is 59.4 cm³/mol. The number of nitrogens with one attached hydrogen (secondary N) is 1. The number of carbonyl (C=O) groups is 2. The molecule has 0 aliphatic carbocycles. The lowest BCUT2D eigenvalue weighted by atomic mass is 10.3. The number of benzene rings is 1. The minimum absolute atomic E-state index is 0.0793. The van der Waals surface area contributed by atoms with Gasteiger partial charge in [-0.2, -0.15) is 0 Å². The van der Waals surface area contributed by atoms with Gasteiger partial charge in [-0.25, -0.2) is 4.79 Å². The average Bonchev–Trinajstić information content (AvgIpc) is 2.29. The van der Waals surface area contributed by atoms with Gasteiger partial charge in [-0.1, -0.05) is 0 Å². The van der Waals surface area contributed by atoms with E-state index in [4.69, 9.17) is 9.84 Å². The maximum Gasteiger partial charge on any atom is 0.413 e. The third-order valence-corrected chi connectivity index (χ3v) is 1.96. The average molecular weight is 254 g/mol. The number of nitro groups is 1. The highest BCUT2D eigenvalue weighted by atomic mass is 16.6. The summed E-state index contributed by atoms with van der Waals surface area (Å²) < 4.78 is 4.73. The highest BCUT2D eigenvalue weighted by molar-refractivity contribution is 5.80. The Kier molecular flexibility index (Phi) is 4.19. The van der Waals surface area contributed by atoms with Crippen LogP contribution in [0.5, 0.6) is 5.75 Å². The van der Waals surface area contributed by atoms with E-state index in [0.717, 1.165) is 0 Å². The van der Waals surface area contributed by atoms with Crippen molar-refractivity contribution in [1.29, 1.82) is 0 Å². The van der Waals surface area contributed by atoms with Crippen molar-refractivity contribution in [2.24, 2.45) is 0 Å². The molecule has 0 aliphatic heterocycles. The quantitative estimate of drug-likeness (QED) is 0.614. The summed E-state index contributed by atoms with van der Waals surface area (Å²) in [4.78, 5) is 31.5. The van der Waals surface area contributed by atoms with E-state index in [-0.39, 0.29) is 11.4 Å². The largest absolute Gasteiger partial charge is 0.480 e. The van der Waals surface area contributed by atoms with Crippen molar-refractivity contribution < 1.29 is 24.4 Å². The van der Waals surface area contributed by atoms with Crippen LogP contribution in [0.15, 0.2) is 24.3 Å². The number of carbonyl (C=O) groups excluding carboxylic acids is 1. The summed E-state index contributed by atoms with van der Waals surface area (Å²) in [5.74, 6) is -1.12. The van der Waals surface area contributed by atoms with Crippen molar-refractivity contribution in [2.45, 2.75) is 13.0 Å². The summed E-state index contributed by atoms with van der Waals surface area (Å²) in [7, 11) is 0. The smallest absolute Gasteiger partial charge is 0.413 e. The summed E-state index contributed by atoms with van der Waals surface area (Å²) in [5.41, 5.74) is -0.137. The Hall–Kier alpha value is -2.64. The molecule has 1 atom stereocenters. The van der Waals surface area contributed by atoms with E-state index in [1.807, 2.05) is 0 Å². The fraction of sp³-hybridized carbons (Fsp3) is 0.200. The molecule has 18 heavy (non-hydrogen) atoms. The number of amides is 1. The first kappa shape index (κ1) is 13.4. The second-order valence-corrected chi connectivity index (χ2v) is 3.34. The zero-order chi connectivity index (χ0) is 13.7. The van der Waals surface area contributed by atoms with Gasteiger partial charge in [0, 0.05) is 12.1 Å². The van der Waals surface area contributed by atoms with Crippen molar-refractivity contribution in [3.05, 3.63) is 34.4 Å². The molecular formula is C10H10N2O6. The highest BCUT2D eigenvalue weighted by Crippen LogP contribution is 2.17. The van der Waals surface area contributed by atoms with E-state index in [1.54, 1.807) is 0 Å². The van der Waals surface area contributed by atoms with E-state index >= 15 is 0 Å². The number of nitrogens with zero attached hydrogens (tertiary/aromatic N) is 1. The minimum Gasteiger partial charge on any atom is -0.480 e. The van der Waals surface area contributed by atoms with Crippen LogP contribution in [-0.2, 0) is 4.79 Å². The number of hydrogen-bond donors (Lipinski definition) is 2. The summed E-state index contributed by atoms with van der Waals surface area (Å²) in [5, 5.41) is 21.0. The summed E-state index contributed by atoms with van der Waals surface area (Å²) in [6.45, 7) is 1.28. The molecule has 1 aromatic rings. The Labute approximate surface area is 101 Å². The first-order valence-corrected chi connectivity index (χ1v) is 4.85. The Morgan fingerprint density at radius 3 is 2.39 bits per heavy atom. The number of non-ortho nitro benzene ring substituents is 1. The maximum absolute atomic E-state index is 11.2. The highest BCUT2D eigenvalue weighted by Gasteiger charge is 2.15. The van der Waals surface area contributed by atoms with Crippen molar-refractivity contribution in [1.82, 2.24) is 5.32 Å². The zero-order valence-corrected chi connectivity index (χ0v) is 9.32. The topological polar surface area (TPSA) is 119 Å². The van der Waals surface area contributed by atoms with Crippen LogP contribution < -0.4 is 10.1 Å². The number of nitro benzene ring substituents is 1. The lowest BCUT2D eigenvalue weighted by molar-refractivity contribution is -0.384. The number of rotatable bonds is 4. The van der Waals surface area contributed by atoms with Crippen molar-refractivity contribution in [2.75, 3.05) is 0 Å². The van der Waals surface area contributed by atoms with E-state index < -0.39 is 23.0 Å². The van der Waals surface area contributed by atoms with E-state index in [9.17, 15) is 19.7 Å². The summed E-state index contributed by atoms with van der Waals surface area (Å²) >= 11 is 0. The van der Waals surface area contributed by atoms with Gasteiger partial charge in [0.2, 0.25) is 0 Å². The molecule has 0 fully saturated rings. The molecule has 1 aromatic carbocycles. The predicted octanol–water partition coefficient (Wildman–Crippen LogP) is 1.16. The molecular weight excluding hydrogens is 244 g/mol. The third kappa shape index (κ3) is 3.74. The molecule has 0 radical (unpaired) electrons. The SMILES string of the molecule is CC(NC(=O)Oc1ccc([N+](=O)[O-])cc1)C(=O)O. The molecule has 1 unspecified atom stereocenters. The van der Waals surface area contributed by atoms with Gasteiger partial charge >= 0.3 is 12.1 Å². The van der Waals surface area contributed by atoms with Crippen LogP contribution in [0.2, 0.25) is 0 Å². The third-order valence-electron chi connectivity index (χ3n) is 1.96. The van der Waals surface area contributed by atoms with Gasteiger partial charge in [-0.3, -0.25) is 14.9 Å². The van der Waals surface area contributed by atoms with Crippen LogP contribution in [0.1, 0.15) is 6.92 Å². The number of hydrogen-bond acceptors (Lipinski definition) is 5. The molecule has 8 heteroatoms. The van der Waals surface area contributed by atoms with Gasteiger partial charge in [0.05, 0.1) is 4.92 Å². The molecule has 0 bridgehead atoms. The van der Waals surface area contributed by atoms with Gasteiger partial charge in [-0.05, 0) is 19.1 Å². The molecule has 2 N–H and O–H groups in total. The zero-order valence-electron chi connectivity index (χ0n) is 9.32. The second-order valence-electron chi connectivity index (χ2n) is 3.34. The standard InChI is InChI=1S/C10H10N2O6/c1-6(9(13)14)11-10(15)18-8-4-2-7(3-5-8)12(16)17/h2-6H,1H3,(H,11,15)(H,13,14). The molecule has 0 heterocycles. The Morgan fingerprint density at radius 2 is 1.94 bits per heavy atom. The van der Waals surface area contributed by atoms with Gasteiger partial charge in [0.15, 0.2) is 0 Å². The Bertz CT molecular complexity index is 470. The number of carboxylic acid groups (broad SMARTS) is 1. The van der Waals surface area contributed by atoms with Crippen LogP contribution in [0.4, 0.5) is 10.5 Å². The van der Waals surface area contributed by atoms with Crippen molar-refractivity contribution >= 4 is 17.7 Å². The van der Waals surface area contributed by atoms with E-state index in [1.165, 1.54) is 31.2 Å². The van der Waals surface area contributed by atoms with Crippen LogP contribution in [-0.4, -0.2) is 28.1 Å². The monoisotopic (exact) mass is 254 g/mol. The summed E-state index contributed by atoms with van der Waals surface area (Å²) in [6, 6.07) is 3.73. The maximum atomic E-state index is 11.2. The van der Waals surface area contributed by atoms with Gasteiger partial charge in [0.25, 0.3) is 5.69 Å². The van der Waals surface area contributed by atoms with Crippen LogP contribution >= 0.6 is 0 Å². The van der Waals surface area contributed by atoms with Gasteiger partial charge in [-0.15, -0.1) is 0 Å². The lowest BCUT2D eigenvalue weighted by Crippen LogP contribution is -2.39. The fourth-order valence-electron chi connectivity index (χ4n) is 1.01. The summed E-state index contributed by atoms with van der Waals surface area (Å²) in [6.07, 6.45) is -0.946. The molecule has 0 aromatic heterocycles. The second kappa shape index (κ2) is 5.62. The molecule has 0 saturated heterocycles. The molecule has 0 spiro atoms. The Morgan fingerprint density at radius 1 is 1.39 bits per heavy atom. The van der Waals surface area contributed by atoms with Crippen molar-refractivity contribution in [3.8, 4) is 5.75 Å². The fourth-order valence-corrected chi connectivity index (χ4v) is 1.01. The first-order valence-electron chi connectivity index (χ1n) is 4.85. The van der Waals surface area contributed by atoms with E-state index in [0.29, 0.717) is 0 Å². The van der Waals surface area contributed by atoms with Gasteiger partial charge in [0.1, 0.15) is 11.8 Å². The number of ether oxygens (including phenoxy) is 1. The van der Waals surface area contributed by atoms with Crippen LogP contribution in [0, 0.1) is 10.1 Å². The first-order chi connectivity index (χ1) is 8.40. The van der Waals surface area contributed by atoms with E-state index in [2.05, 4.69) is 5.32 Å². The Balaban J connectivity index is 2.60. The lowest BCUT2D eigenvalue weighted by Gasteiger charge is -2.09. The molecule has 1 rings (SSSR count). The van der Waals surface area contributed by atoms with Crippen LogP contribution in [0.3, 0.4) is 0 Å². The minimum atomic E-state index is -1.20. The normalized spacial score (nSPS) is 11.4. The molecule has 8 nitrogen and oxygen atoms in total.